The average molecular weight is 403 g/mol. The number of carbonyl (C=O) groups excluding carboxylic acids is 1. The molecule has 0 aliphatic heterocycles. The van der Waals surface area contributed by atoms with Crippen LogP contribution in [0.3, 0.4) is 0 Å². The number of nitrogens with one attached hydrogen (secondary N) is 1. The highest BCUT2D eigenvalue weighted by Gasteiger charge is 2.18. The molecule has 0 bridgehead atoms. The topological polar surface area (TPSA) is 90.9 Å². The lowest BCUT2D eigenvalue weighted by Crippen LogP contribution is -2.39. The number of benzene rings is 1. The van der Waals surface area contributed by atoms with Crippen molar-refractivity contribution in [3.05, 3.63) is 41.7 Å². The number of ether oxygens (including phenoxy) is 2. The second-order valence-corrected chi connectivity index (χ2v) is 7.16. The highest BCUT2D eigenvalue weighted by atomic mass is 35.5. The number of imidazole rings is 1. The van der Waals surface area contributed by atoms with Gasteiger partial charge in [0.1, 0.15) is 17.1 Å². The molecule has 7 nitrogen and oxygen atoms in total. The number of hydrogen-bond acceptors (Lipinski definition) is 5. The molecule has 0 aliphatic rings. The number of aromatic nitrogens is 2. The number of hydrogen-bond donors (Lipinski definition) is 2. The van der Waals surface area contributed by atoms with Crippen molar-refractivity contribution in [2.45, 2.75) is 19.9 Å². The van der Waals surface area contributed by atoms with E-state index in [9.17, 15) is 4.79 Å². The van der Waals surface area contributed by atoms with Crippen LogP contribution in [0.15, 0.2) is 36.7 Å². The van der Waals surface area contributed by atoms with Crippen LogP contribution < -0.4 is 20.5 Å². The summed E-state index contributed by atoms with van der Waals surface area (Å²) in [6.45, 7) is 3.81. The number of methoxy groups -OCH3 is 2. The molecule has 0 saturated heterocycles. The second-order valence-electron chi connectivity index (χ2n) is 6.75. The van der Waals surface area contributed by atoms with Crippen molar-refractivity contribution < 1.29 is 14.3 Å². The standard InChI is InChI=1S/C20H23ClN4O3/c1-11(2)19(22)20(26)23-12-5-6-25-10-15(24-18(25)7-12)13-8-14(21)17(28-4)9-16(13)27-3/h5-11,19H,22H2,1-4H3,(H,23,26)/t19-/m0/s1. The van der Waals surface area contributed by atoms with E-state index in [1.54, 1.807) is 38.5 Å². The Morgan fingerprint density at radius 3 is 2.57 bits per heavy atom. The lowest BCUT2D eigenvalue weighted by molar-refractivity contribution is -0.118. The van der Waals surface area contributed by atoms with Crippen LogP contribution in [0.5, 0.6) is 11.5 Å². The molecule has 0 radical (unpaired) electrons. The summed E-state index contributed by atoms with van der Waals surface area (Å²) in [6, 6.07) is 6.48. The first-order chi connectivity index (χ1) is 13.3. The van der Waals surface area contributed by atoms with E-state index in [1.165, 1.54) is 0 Å². The van der Waals surface area contributed by atoms with Crippen LogP contribution in [0.2, 0.25) is 5.02 Å². The van der Waals surface area contributed by atoms with Crippen molar-refractivity contribution >= 4 is 28.8 Å². The molecular weight excluding hydrogens is 380 g/mol. The Labute approximate surface area is 168 Å². The summed E-state index contributed by atoms with van der Waals surface area (Å²) < 4.78 is 12.5. The Hall–Kier alpha value is -2.77. The van der Waals surface area contributed by atoms with E-state index in [-0.39, 0.29) is 11.8 Å². The molecule has 8 heteroatoms. The zero-order valence-electron chi connectivity index (χ0n) is 16.2. The van der Waals surface area contributed by atoms with Crippen molar-refractivity contribution in [3.63, 3.8) is 0 Å². The summed E-state index contributed by atoms with van der Waals surface area (Å²) in [4.78, 5) is 16.8. The normalized spacial score (nSPS) is 12.2. The maximum Gasteiger partial charge on any atom is 0.241 e. The number of pyridine rings is 1. The zero-order chi connectivity index (χ0) is 20.4. The number of carbonyl (C=O) groups is 1. The number of amides is 1. The Kier molecular flexibility index (Phi) is 5.76. The Balaban J connectivity index is 1.95. The minimum atomic E-state index is -0.572. The molecule has 3 N–H and O–H groups in total. The number of fused-ring (bicyclic) bond motifs is 1. The minimum Gasteiger partial charge on any atom is -0.496 e. The minimum absolute atomic E-state index is 0.0500. The molecule has 28 heavy (non-hydrogen) atoms. The fourth-order valence-corrected chi connectivity index (χ4v) is 3.02. The van der Waals surface area contributed by atoms with Gasteiger partial charge in [-0.2, -0.15) is 0 Å². The third-order valence-corrected chi connectivity index (χ3v) is 4.79. The molecule has 148 valence electrons. The Morgan fingerprint density at radius 2 is 1.93 bits per heavy atom. The molecule has 2 heterocycles. The first-order valence-electron chi connectivity index (χ1n) is 8.81. The highest BCUT2D eigenvalue weighted by molar-refractivity contribution is 6.32. The first kappa shape index (κ1) is 20.0. The third-order valence-electron chi connectivity index (χ3n) is 4.50. The van der Waals surface area contributed by atoms with E-state index < -0.39 is 6.04 Å². The van der Waals surface area contributed by atoms with Gasteiger partial charge in [0.2, 0.25) is 5.91 Å². The van der Waals surface area contributed by atoms with Crippen LogP contribution in [-0.4, -0.2) is 35.6 Å². The lowest BCUT2D eigenvalue weighted by Gasteiger charge is -2.15. The van der Waals surface area contributed by atoms with E-state index in [0.717, 1.165) is 5.56 Å². The van der Waals surface area contributed by atoms with Crippen LogP contribution in [0.4, 0.5) is 5.69 Å². The molecule has 1 amide bonds. The van der Waals surface area contributed by atoms with Gasteiger partial charge < -0.3 is 24.9 Å². The van der Waals surface area contributed by atoms with Crippen molar-refractivity contribution in [1.29, 1.82) is 0 Å². The van der Waals surface area contributed by atoms with Gasteiger partial charge in [0.05, 0.1) is 31.0 Å². The summed E-state index contributed by atoms with van der Waals surface area (Å²) in [5.41, 5.74) is 8.62. The van der Waals surface area contributed by atoms with Crippen LogP contribution in [0.25, 0.3) is 16.9 Å². The maximum atomic E-state index is 12.2. The molecule has 1 atom stereocenters. The van der Waals surface area contributed by atoms with Crippen LogP contribution in [-0.2, 0) is 4.79 Å². The van der Waals surface area contributed by atoms with E-state index in [1.807, 2.05) is 30.6 Å². The smallest absolute Gasteiger partial charge is 0.241 e. The summed E-state index contributed by atoms with van der Waals surface area (Å²) in [6.07, 6.45) is 3.68. The van der Waals surface area contributed by atoms with E-state index in [2.05, 4.69) is 10.3 Å². The van der Waals surface area contributed by atoms with E-state index >= 15 is 0 Å². The highest BCUT2D eigenvalue weighted by Crippen LogP contribution is 2.38. The molecule has 2 aromatic heterocycles. The van der Waals surface area contributed by atoms with Gasteiger partial charge in [0.25, 0.3) is 0 Å². The van der Waals surface area contributed by atoms with Crippen molar-refractivity contribution in [2.24, 2.45) is 11.7 Å². The van der Waals surface area contributed by atoms with E-state index in [4.69, 9.17) is 26.8 Å². The molecule has 0 aliphatic carbocycles. The molecule has 0 fully saturated rings. The third kappa shape index (κ3) is 3.90. The summed E-state index contributed by atoms with van der Waals surface area (Å²) >= 11 is 6.27. The molecular formula is C20H23ClN4O3. The number of anilines is 1. The maximum absolute atomic E-state index is 12.2. The lowest BCUT2D eigenvalue weighted by atomic mass is 10.1. The molecule has 0 unspecified atom stereocenters. The predicted octanol–water partition coefficient (Wildman–Crippen LogP) is 3.59. The van der Waals surface area contributed by atoms with Crippen molar-refractivity contribution in [1.82, 2.24) is 9.38 Å². The molecule has 3 rings (SSSR count). The fraction of sp³-hybridized carbons (Fsp3) is 0.300. The first-order valence-corrected chi connectivity index (χ1v) is 9.19. The monoisotopic (exact) mass is 402 g/mol. The van der Waals surface area contributed by atoms with Gasteiger partial charge in [0.15, 0.2) is 0 Å². The van der Waals surface area contributed by atoms with Gasteiger partial charge in [0, 0.05) is 35.8 Å². The number of halogens is 1. The Morgan fingerprint density at radius 1 is 1.21 bits per heavy atom. The van der Waals surface area contributed by atoms with Gasteiger partial charge in [-0.05, 0) is 18.1 Å². The van der Waals surface area contributed by atoms with Crippen LogP contribution in [0, 0.1) is 5.92 Å². The Bertz CT molecular complexity index is 1020. The van der Waals surface area contributed by atoms with Crippen LogP contribution >= 0.6 is 11.6 Å². The van der Waals surface area contributed by atoms with Gasteiger partial charge >= 0.3 is 0 Å². The van der Waals surface area contributed by atoms with Crippen LogP contribution in [0.1, 0.15) is 13.8 Å². The average Bonchev–Trinajstić information content (AvgIpc) is 3.10. The summed E-state index contributed by atoms with van der Waals surface area (Å²) in [5, 5.41) is 3.30. The van der Waals surface area contributed by atoms with Crippen molar-refractivity contribution in [2.75, 3.05) is 19.5 Å². The molecule has 0 spiro atoms. The van der Waals surface area contributed by atoms with Crippen molar-refractivity contribution in [3.8, 4) is 22.8 Å². The SMILES string of the molecule is COc1cc(OC)c(-c2cn3ccc(NC(=O)[C@@H](N)C(C)C)cc3n2)cc1Cl. The van der Waals surface area contributed by atoms with Gasteiger partial charge in [-0.25, -0.2) is 4.98 Å². The zero-order valence-corrected chi connectivity index (χ0v) is 16.9. The molecule has 0 saturated carbocycles. The quantitative estimate of drug-likeness (QED) is 0.657. The van der Waals surface area contributed by atoms with Gasteiger partial charge in [-0.3, -0.25) is 4.79 Å². The molecule has 3 aromatic rings. The summed E-state index contributed by atoms with van der Waals surface area (Å²) in [5.74, 6) is 0.947. The predicted molar refractivity (Wildman–Crippen MR) is 110 cm³/mol. The number of rotatable bonds is 6. The van der Waals surface area contributed by atoms with Gasteiger partial charge in [-0.1, -0.05) is 25.4 Å². The largest absolute Gasteiger partial charge is 0.496 e. The number of nitrogens with zero attached hydrogens (tertiary/aromatic N) is 2. The number of nitrogens with two attached hydrogens (primary N) is 1. The van der Waals surface area contributed by atoms with Gasteiger partial charge in [-0.15, -0.1) is 0 Å². The second kappa shape index (κ2) is 8.08. The molecule has 1 aromatic carbocycles. The fourth-order valence-electron chi connectivity index (χ4n) is 2.78. The van der Waals surface area contributed by atoms with E-state index in [0.29, 0.717) is 33.6 Å². The summed E-state index contributed by atoms with van der Waals surface area (Å²) in [7, 11) is 3.12.